The smallest absolute Gasteiger partial charge is 0.259 e. The summed E-state index contributed by atoms with van der Waals surface area (Å²) < 4.78 is 22.4. The second-order valence-corrected chi connectivity index (χ2v) is 6.95. The standard InChI is InChI=1S/C23H24N4O5/c1-5-31-19-9-7-6-8-16(19)17-13-18(25-24-17)22-26-27(14(2)28)23(32-22)15-10-11-20(29-3)21(12-15)30-4/h6-13,23H,5H2,1-4H3,(H,24,25)/t23-/m1/s1. The van der Waals surface area contributed by atoms with Gasteiger partial charge in [-0.3, -0.25) is 9.89 Å². The highest BCUT2D eigenvalue weighted by molar-refractivity contribution is 5.95. The lowest BCUT2D eigenvalue weighted by molar-refractivity contribution is -0.135. The van der Waals surface area contributed by atoms with Crippen molar-refractivity contribution in [1.29, 1.82) is 0 Å². The van der Waals surface area contributed by atoms with Gasteiger partial charge in [0.2, 0.25) is 12.1 Å². The van der Waals surface area contributed by atoms with Crippen molar-refractivity contribution >= 4 is 11.8 Å². The van der Waals surface area contributed by atoms with Crippen LogP contribution >= 0.6 is 0 Å². The van der Waals surface area contributed by atoms with Gasteiger partial charge in [-0.15, -0.1) is 5.10 Å². The average Bonchev–Trinajstić information content (AvgIpc) is 3.47. The Labute approximate surface area is 185 Å². The molecule has 9 nitrogen and oxygen atoms in total. The summed E-state index contributed by atoms with van der Waals surface area (Å²) in [6, 6.07) is 14.8. The Kier molecular flexibility index (Phi) is 5.98. The maximum absolute atomic E-state index is 12.3. The molecule has 0 radical (unpaired) electrons. The van der Waals surface area contributed by atoms with Crippen molar-refractivity contribution in [2.75, 3.05) is 20.8 Å². The maximum Gasteiger partial charge on any atom is 0.259 e. The number of rotatable bonds is 7. The Hall–Kier alpha value is -4.01. The molecule has 0 aliphatic carbocycles. The highest BCUT2D eigenvalue weighted by Gasteiger charge is 2.34. The van der Waals surface area contributed by atoms with Gasteiger partial charge in [0.05, 0.1) is 26.5 Å². The van der Waals surface area contributed by atoms with Crippen LogP contribution in [-0.2, 0) is 9.53 Å². The van der Waals surface area contributed by atoms with Crippen LogP contribution in [0.25, 0.3) is 11.3 Å². The first-order chi connectivity index (χ1) is 15.5. The SMILES string of the molecule is CCOc1ccccc1-c1cc(C2=NN(C(C)=O)[C@@H](c3ccc(OC)c(OC)c3)O2)[nH]n1. The van der Waals surface area contributed by atoms with E-state index in [9.17, 15) is 4.79 Å². The minimum atomic E-state index is -0.746. The first-order valence-corrected chi connectivity index (χ1v) is 10.1. The minimum Gasteiger partial charge on any atom is -0.493 e. The fraction of sp³-hybridized carbons (Fsp3) is 0.261. The number of benzene rings is 2. The van der Waals surface area contributed by atoms with Gasteiger partial charge in [0.25, 0.3) is 5.90 Å². The number of amides is 1. The number of hydrogen-bond donors (Lipinski definition) is 1. The Morgan fingerprint density at radius 3 is 2.59 bits per heavy atom. The number of methoxy groups -OCH3 is 2. The molecule has 2 heterocycles. The first kappa shape index (κ1) is 21.2. The van der Waals surface area contributed by atoms with E-state index in [0.29, 0.717) is 35.1 Å². The van der Waals surface area contributed by atoms with E-state index in [4.69, 9.17) is 18.9 Å². The number of hydrogen-bond acceptors (Lipinski definition) is 7. The summed E-state index contributed by atoms with van der Waals surface area (Å²) in [5, 5.41) is 13.0. The lowest BCUT2D eigenvalue weighted by Gasteiger charge is -2.20. The number of carbonyl (C=O) groups is 1. The number of carbonyl (C=O) groups excluding carboxylic acids is 1. The largest absolute Gasteiger partial charge is 0.493 e. The molecule has 0 unspecified atom stereocenters. The summed E-state index contributed by atoms with van der Waals surface area (Å²) in [5.41, 5.74) is 2.76. The quantitative estimate of drug-likeness (QED) is 0.606. The number of ether oxygens (including phenoxy) is 4. The predicted octanol–water partition coefficient (Wildman–Crippen LogP) is 3.73. The molecular weight excluding hydrogens is 412 g/mol. The molecule has 1 aromatic heterocycles. The predicted molar refractivity (Wildman–Crippen MR) is 118 cm³/mol. The molecule has 0 saturated heterocycles. The molecular formula is C23H24N4O5. The summed E-state index contributed by atoms with van der Waals surface area (Å²) in [6.45, 7) is 3.91. The van der Waals surface area contributed by atoms with Gasteiger partial charge in [-0.2, -0.15) is 10.1 Å². The monoisotopic (exact) mass is 436 g/mol. The van der Waals surface area contributed by atoms with Crippen LogP contribution in [0, 0.1) is 0 Å². The van der Waals surface area contributed by atoms with E-state index in [2.05, 4.69) is 15.3 Å². The fourth-order valence-corrected chi connectivity index (χ4v) is 3.43. The summed E-state index contributed by atoms with van der Waals surface area (Å²) in [5.74, 6) is 1.84. The van der Waals surface area contributed by atoms with Crippen molar-refractivity contribution < 1.29 is 23.7 Å². The van der Waals surface area contributed by atoms with Gasteiger partial charge < -0.3 is 18.9 Å². The van der Waals surface area contributed by atoms with Crippen LogP contribution in [0.5, 0.6) is 17.2 Å². The zero-order chi connectivity index (χ0) is 22.7. The highest BCUT2D eigenvalue weighted by atomic mass is 16.5. The number of nitrogens with zero attached hydrogens (tertiary/aromatic N) is 3. The molecule has 0 fully saturated rings. The van der Waals surface area contributed by atoms with Crippen LogP contribution in [-0.4, -0.2) is 47.8 Å². The van der Waals surface area contributed by atoms with E-state index in [-0.39, 0.29) is 11.8 Å². The van der Waals surface area contributed by atoms with Gasteiger partial charge in [0, 0.05) is 18.1 Å². The molecule has 0 spiro atoms. The van der Waals surface area contributed by atoms with E-state index in [1.165, 1.54) is 11.9 Å². The maximum atomic E-state index is 12.3. The molecule has 0 bridgehead atoms. The number of aromatic amines is 1. The molecule has 0 saturated carbocycles. The summed E-state index contributed by atoms with van der Waals surface area (Å²) in [6.07, 6.45) is -0.746. The Morgan fingerprint density at radius 2 is 1.88 bits per heavy atom. The molecule has 4 rings (SSSR count). The van der Waals surface area contributed by atoms with Crippen molar-refractivity contribution in [3.05, 3.63) is 59.8 Å². The molecule has 3 aromatic rings. The third-order valence-electron chi connectivity index (χ3n) is 4.93. The zero-order valence-electron chi connectivity index (χ0n) is 18.3. The molecule has 1 atom stereocenters. The van der Waals surface area contributed by atoms with Gasteiger partial charge in [-0.05, 0) is 43.3 Å². The number of para-hydroxylation sites is 1. The van der Waals surface area contributed by atoms with Gasteiger partial charge in [-0.1, -0.05) is 12.1 Å². The summed E-state index contributed by atoms with van der Waals surface area (Å²) >= 11 is 0. The Balaban J connectivity index is 1.64. The first-order valence-electron chi connectivity index (χ1n) is 10.1. The molecule has 1 amide bonds. The number of aromatic nitrogens is 2. The summed E-state index contributed by atoms with van der Waals surface area (Å²) in [7, 11) is 3.11. The van der Waals surface area contributed by atoms with Crippen molar-refractivity contribution in [2.45, 2.75) is 20.1 Å². The van der Waals surface area contributed by atoms with Crippen LogP contribution in [0.15, 0.2) is 53.6 Å². The molecule has 32 heavy (non-hydrogen) atoms. The van der Waals surface area contributed by atoms with Crippen LogP contribution in [0.4, 0.5) is 0 Å². The van der Waals surface area contributed by atoms with E-state index in [1.54, 1.807) is 32.4 Å². The van der Waals surface area contributed by atoms with Gasteiger partial charge >= 0.3 is 0 Å². The lowest BCUT2D eigenvalue weighted by Crippen LogP contribution is -2.25. The van der Waals surface area contributed by atoms with Crippen molar-refractivity contribution in [3.63, 3.8) is 0 Å². The number of hydrazone groups is 1. The average molecular weight is 436 g/mol. The molecule has 1 N–H and O–H groups in total. The van der Waals surface area contributed by atoms with Crippen LogP contribution in [0.1, 0.15) is 31.3 Å². The number of nitrogens with one attached hydrogen (secondary N) is 1. The Bertz CT molecular complexity index is 1160. The molecule has 1 aliphatic heterocycles. The third kappa shape index (κ3) is 3.96. The van der Waals surface area contributed by atoms with Crippen molar-refractivity contribution in [3.8, 4) is 28.5 Å². The lowest BCUT2D eigenvalue weighted by atomic mass is 10.1. The van der Waals surface area contributed by atoms with E-state index >= 15 is 0 Å². The van der Waals surface area contributed by atoms with Crippen LogP contribution < -0.4 is 14.2 Å². The van der Waals surface area contributed by atoms with Gasteiger partial charge in [0.15, 0.2) is 11.5 Å². The minimum absolute atomic E-state index is 0.257. The number of H-pyrrole nitrogens is 1. The molecule has 9 heteroatoms. The third-order valence-corrected chi connectivity index (χ3v) is 4.93. The van der Waals surface area contributed by atoms with E-state index in [1.807, 2.05) is 37.3 Å². The highest BCUT2D eigenvalue weighted by Crippen LogP contribution is 2.36. The van der Waals surface area contributed by atoms with Gasteiger partial charge in [-0.25, -0.2) is 0 Å². The van der Waals surface area contributed by atoms with Crippen molar-refractivity contribution in [2.24, 2.45) is 5.10 Å². The molecule has 166 valence electrons. The summed E-state index contributed by atoms with van der Waals surface area (Å²) in [4.78, 5) is 12.3. The molecule has 2 aromatic carbocycles. The normalized spacial score (nSPS) is 15.2. The Morgan fingerprint density at radius 1 is 1.09 bits per heavy atom. The van der Waals surface area contributed by atoms with Crippen molar-refractivity contribution in [1.82, 2.24) is 15.2 Å². The van der Waals surface area contributed by atoms with E-state index in [0.717, 1.165) is 11.3 Å². The fourth-order valence-electron chi connectivity index (χ4n) is 3.43. The molecule has 1 aliphatic rings. The van der Waals surface area contributed by atoms with Crippen LogP contribution in [0.2, 0.25) is 0 Å². The van der Waals surface area contributed by atoms with Gasteiger partial charge in [0.1, 0.15) is 11.4 Å². The van der Waals surface area contributed by atoms with E-state index < -0.39 is 6.23 Å². The second kappa shape index (κ2) is 9.01. The zero-order valence-corrected chi connectivity index (χ0v) is 18.3. The van der Waals surface area contributed by atoms with Crippen LogP contribution in [0.3, 0.4) is 0 Å². The topological polar surface area (TPSA) is 98.3 Å². The second-order valence-electron chi connectivity index (χ2n) is 6.95.